The molecule has 0 amide bonds. The van der Waals surface area contributed by atoms with E-state index in [9.17, 15) is 10.1 Å². The van der Waals surface area contributed by atoms with E-state index >= 15 is 0 Å². The van der Waals surface area contributed by atoms with Crippen LogP contribution in [0.1, 0.15) is 25.3 Å². The van der Waals surface area contributed by atoms with Gasteiger partial charge in [-0.25, -0.2) is 0 Å². The molecule has 5 nitrogen and oxygen atoms in total. The summed E-state index contributed by atoms with van der Waals surface area (Å²) in [7, 11) is 0. The number of nitrogens with one attached hydrogen (secondary N) is 1. The van der Waals surface area contributed by atoms with Crippen LogP contribution in [0.25, 0.3) is 0 Å². The Labute approximate surface area is 113 Å². The van der Waals surface area contributed by atoms with Crippen LogP contribution < -0.4 is 5.32 Å². The SMILES string of the molecule is CCN1CCCC(Nc2cccc(C)c2[N+](=O)[O-])C1. The lowest BCUT2D eigenvalue weighted by Crippen LogP contribution is -2.41. The summed E-state index contributed by atoms with van der Waals surface area (Å²) in [5, 5.41) is 14.5. The van der Waals surface area contributed by atoms with Gasteiger partial charge in [0.1, 0.15) is 5.69 Å². The van der Waals surface area contributed by atoms with Crippen molar-refractivity contribution >= 4 is 11.4 Å². The van der Waals surface area contributed by atoms with E-state index in [-0.39, 0.29) is 10.6 Å². The molecule has 1 unspecified atom stereocenters. The highest BCUT2D eigenvalue weighted by atomic mass is 16.6. The zero-order valence-electron chi connectivity index (χ0n) is 11.6. The average molecular weight is 263 g/mol. The highest BCUT2D eigenvalue weighted by molar-refractivity contribution is 5.65. The lowest BCUT2D eigenvalue weighted by Gasteiger charge is -2.32. The first-order chi connectivity index (χ1) is 9.11. The average Bonchev–Trinajstić information content (AvgIpc) is 2.38. The molecule has 1 fully saturated rings. The minimum absolute atomic E-state index is 0.205. The smallest absolute Gasteiger partial charge is 0.295 e. The molecule has 1 saturated heterocycles. The van der Waals surface area contributed by atoms with Gasteiger partial charge in [-0.15, -0.1) is 0 Å². The number of likely N-dealkylation sites (N-methyl/N-ethyl adjacent to an activating group) is 1. The number of para-hydroxylation sites is 1. The minimum atomic E-state index is -0.294. The van der Waals surface area contributed by atoms with Gasteiger partial charge in [0.05, 0.1) is 4.92 Å². The van der Waals surface area contributed by atoms with E-state index in [1.54, 1.807) is 19.1 Å². The van der Waals surface area contributed by atoms with Crippen molar-refractivity contribution in [2.24, 2.45) is 0 Å². The lowest BCUT2D eigenvalue weighted by atomic mass is 10.0. The summed E-state index contributed by atoms with van der Waals surface area (Å²) in [6, 6.07) is 5.75. The fourth-order valence-electron chi connectivity index (χ4n) is 2.70. The molecular formula is C14H21N3O2. The minimum Gasteiger partial charge on any atom is -0.375 e. The van der Waals surface area contributed by atoms with Crippen molar-refractivity contribution in [3.63, 3.8) is 0 Å². The maximum absolute atomic E-state index is 11.2. The number of anilines is 1. The zero-order chi connectivity index (χ0) is 13.8. The first-order valence-electron chi connectivity index (χ1n) is 6.84. The van der Waals surface area contributed by atoms with E-state index in [0.717, 1.165) is 32.5 Å². The molecule has 0 bridgehead atoms. The van der Waals surface area contributed by atoms with Crippen LogP contribution in [0.4, 0.5) is 11.4 Å². The quantitative estimate of drug-likeness (QED) is 0.670. The molecule has 0 aromatic heterocycles. The van der Waals surface area contributed by atoms with Crippen molar-refractivity contribution < 1.29 is 4.92 Å². The summed E-state index contributed by atoms with van der Waals surface area (Å²) in [4.78, 5) is 13.2. The van der Waals surface area contributed by atoms with Crippen LogP contribution in [0.5, 0.6) is 0 Å². The maximum atomic E-state index is 11.2. The third-order valence-corrected chi connectivity index (χ3v) is 3.73. The summed E-state index contributed by atoms with van der Waals surface area (Å²) < 4.78 is 0. The Kier molecular flexibility index (Phi) is 4.37. The second kappa shape index (κ2) is 6.02. The number of hydrogen-bond donors (Lipinski definition) is 1. The third-order valence-electron chi connectivity index (χ3n) is 3.73. The van der Waals surface area contributed by atoms with Gasteiger partial charge in [0.25, 0.3) is 5.69 Å². The fraction of sp³-hybridized carbons (Fsp3) is 0.571. The third kappa shape index (κ3) is 3.23. The number of piperidine rings is 1. The van der Waals surface area contributed by atoms with Gasteiger partial charge >= 0.3 is 0 Å². The van der Waals surface area contributed by atoms with E-state index in [0.29, 0.717) is 17.3 Å². The van der Waals surface area contributed by atoms with Crippen LogP contribution in [-0.4, -0.2) is 35.5 Å². The number of aryl methyl sites for hydroxylation is 1. The van der Waals surface area contributed by atoms with Crippen LogP contribution in [0.15, 0.2) is 18.2 Å². The molecule has 1 atom stereocenters. The van der Waals surface area contributed by atoms with Gasteiger partial charge < -0.3 is 10.2 Å². The van der Waals surface area contributed by atoms with E-state index in [4.69, 9.17) is 0 Å². The Morgan fingerprint density at radius 2 is 2.32 bits per heavy atom. The zero-order valence-corrected chi connectivity index (χ0v) is 11.6. The fourth-order valence-corrected chi connectivity index (χ4v) is 2.70. The second-order valence-electron chi connectivity index (χ2n) is 5.10. The van der Waals surface area contributed by atoms with Gasteiger partial charge in [-0.05, 0) is 38.9 Å². The monoisotopic (exact) mass is 263 g/mol. The number of benzene rings is 1. The van der Waals surface area contributed by atoms with Gasteiger partial charge in [0, 0.05) is 18.2 Å². The molecule has 0 aliphatic carbocycles. The van der Waals surface area contributed by atoms with Gasteiger partial charge in [-0.2, -0.15) is 0 Å². The van der Waals surface area contributed by atoms with Crippen LogP contribution in [0, 0.1) is 17.0 Å². The van der Waals surface area contributed by atoms with Gasteiger partial charge in [0.2, 0.25) is 0 Å². The molecule has 0 saturated carbocycles. The second-order valence-corrected chi connectivity index (χ2v) is 5.10. The first-order valence-corrected chi connectivity index (χ1v) is 6.84. The number of rotatable bonds is 4. The Hall–Kier alpha value is -1.62. The van der Waals surface area contributed by atoms with Crippen LogP contribution >= 0.6 is 0 Å². The van der Waals surface area contributed by atoms with Crippen LogP contribution in [-0.2, 0) is 0 Å². The molecule has 2 rings (SSSR count). The molecule has 1 aromatic carbocycles. The Bertz CT molecular complexity index is 462. The number of likely N-dealkylation sites (tertiary alicyclic amines) is 1. The van der Waals surface area contributed by atoms with Gasteiger partial charge in [0.15, 0.2) is 0 Å². The van der Waals surface area contributed by atoms with E-state index in [2.05, 4.69) is 17.1 Å². The number of nitro groups is 1. The van der Waals surface area contributed by atoms with E-state index in [1.807, 2.05) is 6.07 Å². The van der Waals surface area contributed by atoms with Crippen LogP contribution in [0.2, 0.25) is 0 Å². The number of hydrogen-bond acceptors (Lipinski definition) is 4. The standard InChI is InChI=1S/C14H21N3O2/c1-3-16-9-5-7-12(10-16)15-13-8-4-6-11(2)14(13)17(18)19/h4,6,8,12,15H,3,5,7,9-10H2,1-2H3. The molecule has 1 aromatic rings. The summed E-state index contributed by atoms with van der Waals surface area (Å²) in [6.07, 6.45) is 2.21. The molecular weight excluding hydrogens is 242 g/mol. The van der Waals surface area contributed by atoms with Gasteiger partial charge in [-0.1, -0.05) is 19.1 Å². The molecule has 1 N–H and O–H groups in total. The molecule has 1 heterocycles. The Balaban J connectivity index is 2.14. The highest BCUT2D eigenvalue weighted by Gasteiger charge is 2.22. The largest absolute Gasteiger partial charge is 0.375 e. The topological polar surface area (TPSA) is 58.4 Å². The molecule has 19 heavy (non-hydrogen) atoms. The number of nitrogens with zero attached hydrogens (tertiary/aromatic N) is 2. The summed E-state index contributed by atoms with van der Waals surface area (Å²) in [5.41, 5.74) is 1.56. The molecule has 0 spiro atoms. The first kappa shape index (κ1) is 13.8. The van der Waals surface area contributed by atoms with Gasteiger partial charge in [-0.3, -0.25) is 10.1 Å². The lowest BCUT2D eigenvalue weighted by molar-refractivity contribution is -0.384. The summed E-state index contributed by atoms with van der Waals surface area (Å²) in [6.45, 7) is 7.06. The van der Waals surface area contributed by atoms with Crippen molar-refractivity contribution in [3.8, 4) is 0 Å². The van der Waals surface area contributed by atoms with Crippen molar-refractivity contribution in [1.29, 1.82) is 0 Å². The molecule has 5 heteroatoms. The summed E-state index contributed by atoms with van der Waals surface area (Å²) >= 11 is 0. The highest BCUT2D eigenvalue weighted by Crippen LogP contribution is 2.29. The van der Waals surface area contributed by atoms with E-state index in [1.165, 1.54) is 0 Å². The van der Waals surface area contributed by atoms with Crippen molar-refractivity contribution in [2.75, 3.05) is 25.0 Å². The Morgan fingerprint density at radius 3 is 3.00 bits per heavy atom. The normalized spacial score (nSPS) is 20.2. The predicted octanol–water partition coefficient (Wildman–Crippen LogP) is 2.80. The molecule has 104 valence electrons. The number of nitro benzene ring substituents is 1. The van der Waals surface area contributed by atoms with Crippen molar-refractivity contribution in [1.82, 2.24) is 4.90 Å². The summed E-state index contributed by atoms with van der Waals surface area (Å²) in [5.74, 6) is 0. The Morgan fingerprint density at radius 1 is 1.53 bits per heavy atom. The van der Waals surface area contributed by atoms with E-state index < -0.39 is 0 Å². The maximum Gasteiger partial charge on any atom is 0.295 e. The molecule has 0 radical (unpaired) electrons. The van der Waals surface area contributed by atoms with Crippen molar-refractivity contribution in [2.45, 2.75) is 32.7 Å². The molecule has 1 aliphatic heterocycles. The molecule has 1 aliphatic rings. The van der Waals surface area contributed by atoms with Crippen molar-refractivity contribution in [3.05, 3.63) is 33.9 Å². The van der Waals surface area contributed by atoms with Crippen LogP contribution in [0.3, 0.4) is 0 Å². The predicted molar refractivity (Wildman–Crippen MR) is 76.6 cm³/mol.